The van der Waals surface area contributed by atoms with E-state index in [0.29, 0.717) is 18.4 Å². The molecular formula is C23H30FN2O4PS. The van der Waals surface area contributed by atoms with Gasteiger partial charge in [-0.1, -0.05) is 51.7 Å². The molecule has 3 atom stereocenters. The summed E-state index contributed by atoms with van der Waals surface area (Å²) in [6.45, 7) is 3.23. The molecule has 0 heterocycles. The van der Waals surface area contributed by atoms with Gasteiger partial charge in [-0.05, 0) is 62.8 Å². The van der Waals surface area contributed by atoms with Crippen molar-refractivity contribution < 1.29 is 22.7 Å². The molecule has 9 heteroatoms. The van der Waals surface area contributed by atoms with E-state index >= 15 is 0 Å². The molecular weight excluding hydrogens is 450 g/mol. The second-order valence-corrected chi connectivity index (χ2v) is 11.4. The molecule has 0 radical (unpaired) electrons. The molecule has 32 heavy (non-hydrogen) atoms. The molecule has 3 N–H and O–H groups in total. The summed E-state index contributed by atoms with van der Waals surface area (Å²) in [5, 5.41) is 12.1. The van der Waals surface area contributed by atoms with Crippen molar-refractivity contribution in [1.29, 1.82) is 0 Å². The molecule has 3 unspecified atom stereocenters. The van der Waals surface area contributed by atoms with E-state index in [1.165, 1.54) is 31.2 Å². The Morgan fingerprint density at radius 1 is 1.16 bits per heavy atom. The number of rotatable bonds is 7. The van der Waals surface area contributed by atoms with Crippen molar-refractivity contribution in [3.8, 4) is 0 Å². The van der Waals surface area contributed by atoms with Crippen LogP contribution in [0.25, 0.3) is 0 Å². The van der Waals surface area contributed by atoms with Crippen LogP contribution < -0.4 is 10.0 Å². The van der Waals surface area contributed by atoms with Crippen LogP contribution >= 0.6 is 9.24 Å². The van der Waals surface area contributed by atoms with E-state index in [-0.39, 0.29) is 23.8 Å². The average Bonchev–Trinajstić information content (AvgIpc) is 2.75. The predicted octanol–water partition coefficient (Wildman–Crippen LogP) is 3.53. The second kappa shape index (κ2) is 9.56. The maximum atomic E-state index is 14.0. The first kappa shape index (κ1) is 24.8. The largest absolute Gasteiger partial charge is 0.380 e. The van der Waals surface area contributed by atoms with Crippen LogP contribution in [-0.4, -0.2) is 31.1 Å². The lowest BCUT2D eigenvalue weighted by Gasteiger charge is -2.35. The summed E-state index contributed by atoms with van der Waals surface area (Å²) >= 11 is 0. The normalized spacial score (nSPS) is 24.3. The topological polar surface area (TPSA) is 95.5 Å². The van der Waals surface area contributed by atoms with Gasteiger partial charge in [0.25, 0.3) is 5.91 Å². The third-order valence-corrected chi connectivity index (χ3v) is 7.80. The molecule has 1 amide bonds. The Kier molecular flexibility index (Phi) is 7.40. The minimum absolute atomic E-state index is 0.0470. The van der Waals surface area contributed by atoms with E-state index in [2.05, 4.69) is 19.3 Å². The Morgan fingerprint density at radius 3 is 2.25 bits per heavy atom. The minimum Gasteiger partial charge on any atom is -0.380 e. The molecule has 0 saturated heterocycles. The molecule has 0 spiro atoms. The van der Waals surface area contributed by atoms with Crippen LogP contribution in [0.3, 0.4) is 0 Å². The highest BCUT2D eigenvalue weighted by Crippen LogP contribution is 2.33. The van der Waals surface area contributed by atoms with Crippen LogP contribution in [0.5, 0.6) is 0 Å². The van der Waals surface area contributed by atoms with Crippen molar-refractivity contribution in [1.82, 2.24) is 10.0 Å². The van der Waals surface area contributed by atoms with Crippen molar-refractivity contribution in [3.05, 3.63) is 65.7 Å². The lowest BCUT2D eigenvalue weighted by atomic mass is 9.81. The van der Waals surface area contributed by atoms with Crippen molar-refractivity contribution >= 4 is 25.2 Å². The molecule has 1 fully saturated rings. The number of halogens is 1. The highest BCUT2D eigenvalue weighted by Gasteiger charge is 2.41. The standard InChI is InChI=1S/C23H30FN2O4PS/c1-16(17-6-4-3-5-7-17)25-21(27)23(28)14-12-19(13-15-23)26-32(29,30)20-10-8-18(9-11-20)22(2,24)31/h3-11,16,19,26,28H,12-15,31H2,1-2H3,(H,25,27). The lowest BCUT2D eigenvalue weighted by Crippen LogP contribution is -2.52. The molecule has 0 aromatic heterocycles. The predicted molar refractivity (Wildman–Crippen MR) is 125 cm³/mol. The fourth-order valence-electron chi connectivity index (χ4n) is 3.84. The SMILES string of the molecule is CC(NC(=O)C1(O)CCC(NS(=O)(=O)c2ccc(C(C)(F)P)cc2)CC1)c1ccccc1. The lowest BCUT2D eigenvalue weighted by molar-refractivity contribution is -0.144. The highest BCUT2D eigenvalue weighted by molar-refractivity contribution is 7.89. The maximum Gasteiger partial charge on any atom is 0.252 e. The van der Waals surface area contributed by atoms with Crippen LogP contribution in [-0.2, 0) is 20.2 Å². The number of amides is 1. The molecule has 3 rings (SSSR count). The summed E-state index contributed by atoms with van der Waals surface area (Å²) < 4.78 is 42.0. The highest BCUT2D eigenvalue weighted by atomic mass is 32.2. The number of alkyl halides is 1. The van der Waals surface area contributed by atoms with E-state index in [0.717, 1.165) is 5.56 Å². The van der Waals surface area contributed by atoms with Gasteiger partial charge in [0.1, 0.15) is 11.0 Å². The first-order chi connectivity index (χ1) is 14.9. The number of benzene rings is 2. The Balaban J connectivity index is 1.58. The van der Waals surface area contributed by atoms with E-state index in [1.54, 1.807) is 0 Å². The summed E-state index contributed by atoms with van der Waals surface area (Å²) in [5.74, 6) is -0.447. The van der Waals surface area contributed by atoms with Gasteiger partial charge < -0.3 is 10.4 Å². The van der Waals surface area contributed by atoms with Gasteiger partial charge in [-0.2, -0.15) is 0 Å². The molecule has 2 aromatic carbocycles. The summed E-state index contributed by atoms with van der Waals surface area (Å²) in [5.41, 5.74) is -0.233. The fourth-order valence-corrected chi connectivity index (χ4v) is 5.34. The average molecular weight is 481 g/mol. The summed E-state index contributed by atoms with van der Waals surface area (Å²) in [6, 6.07) is 14.5. The van der Waals surface area contributed by atoms with Crippen LogP contribution in [0, 0.1) is 0 Å². The minimum atomic E-state index is -3.80. The second-order valence-electron chi connectivity index (χ2n) is 8.63. The van der Waals surface area contributed by atoms with Gasteiger partial charge in [0, 0.05) is 6.04 Å². The van der Waals surface area contributed by atoms with Crippen LogP contribution in [0.2, 0.25) is 0 Å². The van der Waals surface area contributed by atoms with E-state index in [1.807, 2.05) is 37.3 Å². The number of hydrogen-bond acceptors (Lipinski definition) is 4. The van der Waals surface area contributed by atoms with Gasteiger partial charge in [0.05, 0.1) is 10.9 Å². The monoisotopic (exact) mass is 480 g/mol. The Morgan fingerprint density at radius 2 is 1.72 bits per heavy atom. The van der Waals surface area contributed by atoms with Crippen LogP contribution in [0.15, 0.2) is 59.5 Å². The van der Waals surface area contributed by atoms with Crippen molar-refractivity contribution in [3.63, 3.8) is 0 Å². The van der Waals surface area contributed by atoms with Crippen molar-refractivity contribution in [2.75, 3.05) is 0 Å². The number of carbonyl (C=O) groups excluding carboxylic acids is 1. The van der Waals surface area contributed by atoms with Crippen LogP contribution in [0.4, 0.5) is 4.39 Å². The summed E-state index contributed by atoms with van der Waals surface area (Å²) in [4.78, 5) is 12.7. The number of sulfonamides is 1. The van der Waals surface area contributed by atoms with Gasteiger partial charge in [-0.3, -0.25) is 4.79 Å². The molecule has 2 aromatic rings. The zero-order chi connectivity index (χ0) is 23.6. The van der Waals surface area contributed by atoms with Gasteiger partial charge in [-0.15, -0.1) is 0 Å². The molecule has 174 valence electrons. The first-order valence-corrected chi connectivity index (χ1v) is 12.7. The molecule has 6 nitrogen and oxygen atoms in total. The molecule has 1 aliphatic rings. The Hall–Kier alpha value is -1.86. The van der Waals surface area contributed by atoms with E-state index in [4.69, 9.17) is 0 Å². The first-order valence-electron chi connectivity index (χ1n) is 10.6. The quantitative estimate of drug-likeness (QED) is 0.529. The van der Waals surface area contributed by atoms with E-state index in [9.17, 15) is 22.7 Å². The van der Waals surface area contributed by atoms with Crippen LogP contribution in [0.1, 0.15) is 56.7 Å². The van der Waals surface area contributed by atoms with Gasteiger partial charge >= 0.3 is 0 Å². The number of aliphatic hydroxyl groups is 1. The van der Waals surface area contributed by atoms with Gasteiger partial charge in [0.2, 0.25) is 10.0 Å². The molecule has 0 bridgehead atoms. The zero-order valence-electron chi connectivity index (χ0n) is 18.2. The fraction of sp³-hybridized carbons (Fsp3) is 0.435. The Labute approximate surface area is 191 Å². The number of hydrogen-bond donors (Lipinski definition) is 3. The summed E-state index contributed by atoms with van der Waals surface area (Å²) in [6.07, 6.45) is 0.962. The smallest absolute Gasteiger partial charge is 0.252 e. The molecule has 1 aliphatic carbocycles. The third kappa shape index (κ3) is 5.93. The van der Waals surface area contributed by atoms with Gasteiger partial charge in [-0.25, -0.2) is 17.5 Å². The summed E-state index contributed by atoms with van der Waals surface area (Å²) in [7, 11) is -1.72. The van der Waals surface area contributed by atoms with Crippen molar-refractivity contribution in [2.24, 2.45) is 0 Å². The maximum absolute atomic E-state index is 14.0. The van der Waals surface area contributed by atoms with Crippen molar-refractivity contribution in [2.45, 2.75) is 67.5 Å². The zero-order valence-corrected chi connectivity index (χ0v) is 20.2. The number of nitrogens with one attached hydrogen (secondary N) is 2. The Bertz CT molecular complexity index is 1030. The van der Waals surface area contributed by atoms with E-state index < -0.39 is 33.0 Å². The number of carbonyl (C=O) groups is 1. The molecule has 1 saturated carbocycles. The van der Waals surface area contributed by atoms with Gasteiger partial charge in [0.15, 0.2) is 0 Å². The molecule has 0 aliphatic heterocycles. The third-order valence-electron chi connectivity index (χ3n) is 5.93.